The van der Waals surface area contributed by atoms with Crippen LogP contribution in [0.4, 0.5) is 11.4 Å². The van der Waals surface area contributed by atoms with Gasteiger partial charge in [-0.2, -0.15) is 0 Å². The molecule has 0 aromatic heterocycles. The molecule has 28 heavy (non-hydrogen) atoms. The first-order chi connectivity index (χ1) is 13.7. The van der Waals surface area contributed by atoms with Crippen LogP contribution in [0.1, 0.15) is 17.5 Å². The fraction of sp³-hybridized carbons (Fsp3) is 0.125. The number of nitrogens with zero attached hydrogens (tertiary/aromatic N) is 1. The number of rotatable bonds is 5. The van der Waals surface area contributed by atoms with Gasteiger partial charge in [-0.3, -0.25) is 4.79 Å². The number of nitrogen functional groups attached to an aromatic ring is 1. The monoisotopic (exact) mass is 370 g/mol. The molecule has 1 aliphatic heterocycles. The molecule has 0 saturated carbocycles. The lowest BCUT2D eigenvalue weighted by molar-refractivity contribution is -0.117. The van der Waals surface area contributed by atoms with Crippen LogP contribution in [0.25, 0.3) is 6.08 Å². The van der Waals surface area contributed by atoms with Crippen molar-refractivity contribution in [2.75, 3.05) is 17.2 Å². The molecule has 1 aliphatic rings. The number of amides is 1. The number of benzene rings is 3. The average molecular weight is 370 g/mol. The number of aryl methyl sites for hydroxylation is 1. The van der Waals surface area contributed by atoms with Crippen molar-refractivity contribution in [1.82, 2.24) is 0 Å². The lowest BCUT2D eigenvalue weighted by Crippen LogP contribution is -2.38. The largest absolute Gasteiger partial charge is 0.449 e. The van der Waals surface area contributed by atoms with Crippen LogP contribution < -0.4 is 15.4 Å². The summed E-state index contributed by atoms with van der Waals surface area (Å²) in [6, 6.07) is 25.4. The number of hydrogen-bond donors (Lipinski definition) is 1. The number of fused-ring (bicyclic) bond motifs is 1. The third-order valence-corrected chi connectivity index (χ3v) is 4.74. The Kier molecular flexibility index (Phi) is 5.11. The number of anilines is 2. The summed E-state index contributed by atoms with van der Waals surface area (Å²) in [5, 5.41) is 0. The van der Waals surface area contributed by atoms with Crippen molar-refractivity contribution < 1.29 is 9.53 Å². The Labute approximate surface area is 164 Å². The summed E-state index contributed by atoms with van der Waals surface area (Å²) in [7, 11) is 0. The number of nitrogens with two attached hydrogens (primary N) is 1. The molecule has 2 N–H and O–H groups in total. The molecule has 0 unspecified atom stereocenters. The molecule has 140 valence electrons. The Hall–Kier alpha value is -3.53. The van der Waals surface area contributed by atoms with E-state index in [1.54, 1.807) is 23.1 Å². The molecule has 4 rings (SSSR count). The molecule has 3 aromatic carbocycles. The zero-order chi connectivity index (χ0) is 19.3. The molecule has 0 fully saturated rings. The summed E-state index contributed by atoms with van der Waals surface area (Å²) < 4.78 is 5.91. The molecule has 0 aliphatic carbocycles. The Morgan fingerprint density at radius 3 is 2.39 bits per heavy atom. The van der Waals surface area contributed by atoms with Crippen LogP contribution in [0.3, 0.4) is 0 Å². The first-order valence-electron chi connectivity index (χ1n) is 9.40. The van der Waals surface area contributed by atoms with Crippen LogP contribution in [0.5, 0.6) is 5.75 Å². The van der Waals surface area contributed by atoms with Gasteiger partial charge in [0, 0.05) is 18.3 Å². The van der Waals surface area contributed by atoms with Gasteiger partial charge in [0.1, 0.15) is 0 Å². The van der Waals surface area contributed by atoms with E-state index in [1.165, 1.54) is 5.56 Å². The average Bonchev–Trinajstić information content (AvgIpc) is 2.72. The van der Waals surface area contributed by atoms with E-state index < -0.39 is 0 Å². The molecule has 1 amide bonds. The smallest absolute Gasteiger partial charge is 0.294 e. The van der Waals surface area contributed by atoms with E-state index >= 15 is 0 Å². The van der Waals surface area contributed by atoms with Gasteiger partial charge in [-0.15, -0.1) is 0 Å². The van der Waals surface area contributed by atoms with Gasteiger partial charge >= 0.3 is 0 Å². The van der Waals surface area contributed by atoms with Gasteiger partial charge in [0.15, 0.2) is 11.5 Å². The summed E-state index contributed by atoms with van der Waals surface area (Å²) in [5.74, 6) is 0.791. The van der Waals surface area contributed by atoms with Gasteiger partial charge < -0.3 is 15.4 Å². The van der Waals surface area contributed by atoms with E-state index in [1.807, 2.05) is 54.6 Å². The predicted molar refractivity (Wildman–Crippen MR) is 113 cm³/mol. The van der Waals surface area contributed by atoms with Gasteiger partial charge in [-0.25, -0.2) is 0 Å². The van der Waals surface area contributed by atoms with Crippen molar-refractivity contribution in [3.8, 4) is 5.75 Å². The molecular formula is C24H22N2O2. The molecular weight excluding hydrogens is 348 g/mol. The van der Waals surface area contributed by atoms with Crippen molar-refractivity contribution in [3.63, 3.8) is 0 Å². The maximum atomic E-state index is 13.1. The summed E-state index contributed by atoms with van der Waals surface area (Å²) >= 11 is 0. The normalized spacial score (nSPS) is 14.6. The van der Waals surface area contributed by atoms with E-state index in [-0.39, 0.29) is 5.91 Å². The van der Waals surface area contributed by atoms with E-state index in [2.05, 4.69) is 12.1 Å². The SMILES string of the molecule is Nc1ccc2c(c1)O/C(=C/c1ccccc1)C(=O)N2CCCc1ccccc1. The minimum Gasteiger partial charge on any atom is -0.449 e. The van der Waals surface area contributed by atoms with Crippen LogP contribution in [0.15, 0.2) is 84.6 Å². The summed E-state index contributed by atoms with van der Waals surface area (Å²) in [6.45, 7) is 0.611. The number of carbonyl (C=O) groups excluding carboxylic acids is 1. The minimum absolute atomic E-state index is 0.130. The molecule has 0 radical (unpaired) electrons. The second kappa shape index (κ2) is 8.01. The quantitative estimate of drug-likeness (QED) is 0.525. The fourth-order valence-electron chi connectivity index (χ4n) is 3.34. The van der Waals surface area contributed by atoms with Gasteiger partial charge in [-0.05, 0) is 42.2 Å². The Morgan fingerprint density at radius 2 is 1.64 bits per heavy atom. The lowest BCUT2D eigenvalue weighted by Gasteiger charge is -2.30. The topological polar surface area (TPSA) is 55.6 Å². The third kappa shape index (κ3) is 3.91. The van der Waals surface area contributed by atoms with Crippen molar-refractivity contribution in [3.05, 3.63) is 95.7 Å². The Balaban J connectivity index is 1.60. The van der Waals surface area contributed by atoms with Gasteiger partial charge in [-0.1, -0.05) is 60.7 Å². The third-order valence-electron chi connectivity index (χ3n) is 4.74. The van der Waals surface area contributed by atoms with Crippen LogP contribution in [0, 0.1) is 0 Å². The highest BCUT2D eigenvalue weighted by Gasteiger charge is 2.30. The Morgan fingerprint density at radius 1 is 0.929 bits per heavy atom. The number of carbonyl (C=O) groups is 1. The van der Waals surface area contributed by atoms with E-state index in [0.29, 0.717) is 23.7 Å². The first kappa shape index (κ1) is 17.9. The second-order valence-corrected chi connectivity index (χ2v) is 6.79. The molecule has 0 saturated heterocycles. The molecule has 1 heterocycles. The molecule has 4 nitrogen and oxygen atoms in total. The molecule has 0 bridgehead atoms. The summed E-state index contributed by atoms with van der Waals surface area (Å²) in [5.41, 5.74) is 9.49. The highest BCUT2D eigenvalue weighted by atomic mass is 16.5. The van der Waals surface area contributed by atoms with Crippen molar-refractivity contribution in [1.29, 1.82) is 0 Å². The van der Waals surface area contributed by atoms with Crippen LogP contribution in [-0.4, -0.2) is 12.5 Å². The van der Waals surface area contributed by atoms with Crippen molar-refractivity contribution in [2.45, 2.75) is 12.8 Å². The van der Waals surface area contributed by atoms with Crippen molar-refractivity contribution in [2.24, 2.45) is 0 Å². The minimum atomic E-state index is -0.130. The molecule has 3 aromatic rings. The molecule has 0 atom stereocenters. The standard InChI is InChI=1S/C24H22N2O2/c25-20-13-14-21-22(17-20)28-23(16-19-10-5-2-6-11-19)24(27)26(21)15-7-12-18-8-3-1-4-9-18/h1-6,8-11,13-14,16-17H,7,12,15,25H2/b23-16+. The summed E-state index contributed by atoms with van der Waals surface area (Å²) in [6.07, 6.45) is 3.55. The highest BCUT2D eigenvalue weighted by Crippen LogP contribution is 2.37. The van der Waals surface area contributed by atoms with Gasteiger partial charge in [0.25, 0.3) is 5.91 Å². The van der Waals surface area contributed by atoms with E-state index in [9.17, 15) is 4.79 Å². The number of ether oxygens (including phenoxy) is 1. The van der Waals surface area contributed by atoms with E-state index in [0.717, 1.165) is 24.1 Å². The molecule has 4 heteroatoms. The van der Waals surface area contributed by atoms with E-state index in [4.69, 9.17) is 10.5 Å². The number of hydrogen-bond acceptors (Lipinski definition) is 3. The van der Waals surface area contributed by atoms with Crippen LogP contribution in [0.2, 0.25) is 0 Å². The van der Waals surface area contributed by atoms with Gasteiger partial charge in [0.05, 0.1) is 5.69 Å². The first-order valence-corrected chi connectivity index (χ1v) is 9.40. The lowest BCUT2D eigenvalue weighted by atomic mass is 10.1. The fourth-order valence-corrected chi connectivity index (χ4v) is 3.34. The van der Waals surface area contributed by atoms with Crippen LogP contribution in [-0.2, 0) is 11.2 Å². The maximum Gasteiger partial charge on any atom is 0.294 e. The summed E-state index contributed by atoms with van der Waals surface area (Å²) in [4.78, 5) is 14.9. The zero-order valence-corrected chi connectivity index (χ0v) is 15.5. The van der Waals surface area contributed by atoms with Crippen LogP contribution >= 0.6 is 0 Å². The second-order valence-electron chi connectivity index (χ2n) is 6.79. The van der Waals surface area contributed by atoms with Gasteiger partial charge in [0.2, 0.25) is 0 Å². The Bertz CT molecular complexity index is 998. The predicted octanol–water partition coefficient (Wildman–Crippen LogP) is 4.67. The highest BCUT2D eigenvalue weighted by molar-refractivity contribution is 6.10. The zero-order valence-electron chi connectivity index (χ0n) is 15.5. The van der Waals surface area contributed by atoms with Crippen molar-refractivity contribution >= 4 is 23.4 Å². The molecule has 0 spiro atoms. The maximum absolute atomic E-state index is 13.1.